The van der Waals surface area contributed by atoms with Crippen molar-refractivity contribution >= 4 is 19.0 Å². The maximum absolute atomic E-state index is 12.9. The van der Waals surface area contributed by atoms with Crippen molar-refractivity contribution in [2.75, 3.05) is 13.0 Å². The van der Waals surface area contributed by atoms with Gasteiger partial charge in [0, 0.05) is 10.9 Å². The molecule has 0 radical (unpaired) electrons. The number of carbonyl (C=O) groups excluding carboxylic acids is 1. The Labute approximate surface area is 124 Å². The Bertz CT molecular complexity index is 622. The maximum Gasteiger partial charge on any atom is 0.268 e. The summed E-state index contributed by atoms with van der Waals surface area (Å²) in [6.07, 6.45) is 0.726. The molecule has 0 N–H and O–H groups in total. The molecule has 2 rings (SSSR count). The Hall–Kier alpha value is -1.90. The molecule has 0 fully saturated rings. The predicted octanol–water partition coefficient (Wildman–Crippen LogP) is 3.48. The van der Waals surface area contributed by atoms with Crippen molar-refractivity contribution in [3.05, 3.63) is 60.2 Å². The monoisotopic (exact) mass is 304 g/mol. The van der Waals surface area contributed by atoms with Crippen molar-refractivity contribution < 1.29 is 18.6 Å². The molecule has 0 spiro atoms. The van der Waals surface area contributed by atoms with Gasteiger partial charge in [-0.1, -0.05) is 18.2 Å². The van der Waals surface area contributed by atoms with Crippen molar-refractivity contribution in [1.29, 1.82) is 0 Å². The molecule has 0 aliphatic heterocycles. The first kappa shape index (κ1) is 15.5. The van der Waals surface area contributed by atoms with Crippen LogP contribution >= 0.6 is 7.37 Å². The third-order valence-corrected chi connectivity index (χ3v) is 5.13. The fourth-order valence-corrected chi connectivity index (χ4v) is 3.59. The van der Waals surface area contributed by atoms with E-state index < -0.39 is 7.37 Å². The first-order chi connectivity index (χ1) is 10.2. The zero-order valence-electron chi connectivity index (χ0n) is 11.8. The molecule has 2 aromatic rings. The molecule has 21 heavy (non-hydrogen) atoms. The Kier molecular flexibility index (Phi) is 5.32. The van der Waals surface area contributed by atoms with E-state index in [0.29, 0.717) is 23.2 Å². The van der Waals surface area contributed by atoms with Crippen LogP contribution in [0.15, 0.2) is 54.6 Å². The molecule has 0 heterocycles. The van der Waals surface area contributed by atoms with E-state index in [1.807, 2.05) is 18.2 Å². The topological polar surface area (TPSA) is 52.6 Å². The Balaban J connectivity index is 2.13. The molecular formula is C16H17O4P. The van der Waals surface area contributed by atoms with E-state index in [9.17, 15) is 9.36 Å². The summed E-state index contributed by atoms with van der Waals surface area (Å²) in [6, 6.07) is 15.7. The third-order valence-electron chi connectivity index (χ3n) is 2.90. The summed E-state index contributed by atoms with van der Waals surface area (Å²) in [4.78, 5) is 10.6. The summed E-state index contributed by atoms with van der Waals surface area (Å²) in [6.45, 7) is 2.15. The van der Waals surface area contributed by atoms with Gasteiger partial charge in [0.25, 0.3) is 7.37 Å². The van der Waals surface area contributed by atoms with Crippen LogP contribution in [0.4, 0.5) is 0 Å². The summed E-state index contributed by atoms with van der Waals surface area (Å²) >= 11 is 0. The molecule has 0 bridgehead atoms. The first-order valence-electron chi connectivity index (χ1n) is 6.65. The fourth-order valence-electron chi connectivity index (χ4n) is 1.85. The fraction of sp³-hybridized carbons (Fsp3) is 0.188. The van der Waals surface area contributed by atoms with E-state index >= 15 is 0 Å². The summed E-state index contributed by atoms with van der Waals surface area (Å²) in [5, 5.41) is 0.636. The smallest absolute Gasteiger partial charge is 0.268 e. The zero-order chi connectivity index (χ0) is 15.1. The second-order valence-corrected chi connectivity index (χ2v) is 6.77. The van der Waals surface area contributed by atoms with Crippen molar-refractivity contribution in [2.24, 2.45) is 0 Å². The van der Waals surface area contributed by atoms with Crippen LogP contribution in [0, 0.1) is 0 Å². The number of aldehydes is 1. The van der Waals surface area contributed by atoms with E-state index in [1.54, 1.807) is 43.3 Å². The van der Waals surface area contributed by atoms with Gasteiger partial charge in [-0.05, 0) is 43.3 Å². The van der Waals surface area contributed by atoms with Gasteiger partial charge in [0.1, 0.15) is 12.0 Å². The number of hydrogen-bond donors (Lipinski definition) is 0. The average Bonchev–Trinajstić information content (AvgIpc) is 2.54. The molecule has 5 heteroatoms. The van der Waals surface area contributed by atoms with E-state index in [1.165, 1.54) is 0 Å². The molecule has 1 unspecified atom stereocenters. The molecule has 0 saturated carbocycles. The molecule has 110 valence electrons. The van der Waals surface area contributed by atoms with Crippen molar-refractivity contribution in [3.63, 3.8) is 0 Å². The summed E-state index contributed by atoms with van der Waals surface area (Å²) < 4.78 is 23.9. The van der Waals surface area contributed by atoms with Crippen LogP contribution < -0.4 is 10.0 Å². The van der Waals surface area contributed by atoms with Crippen LogP contribution in [0.3, 0.4) is 0 Å². The zero-order valence-corrected chi connectivity index (χ0v) is 12.7. The van der Waals surface area contributed by atoms with Gasteiger partial charge in [-0.3, -0.25) is 9.36 Å². The van der Waals surface area contributed by atoms with Gasteiger partial charge in [-0.25, -0.2) is 0 Å². The largest absolute Gasteiger partial charge is 0.483 e. The molecule has 0 aromatic heterocycles. The summed E-state index contributed by atoms with van der Waals surface area (Å²) in [7, 11) is -3.05. The van der Waals surface area contributed by atoms with Crippen LogP contribution in [-0.2, 0) is 9.09 Å². The highest BCUT2D eigenvalue weighted by Crippen LogP contribution is 2.45. The normalized spacial score (nSPS) is 13.4. The van der Waals surface area contributed by atoms with Gasteiger partial charge in [-0.2, -0.15) is 0 Å². The molecule has 0 aliphatic rings. The lowest BCUT2D eigenvalue weighted by atomic mass is 10.2. The molecule has 0 amide bonds. The molecule has 1 atom stereocenters. The Morgan fingerprint density at radius 1 is 1.05 bits per heavy atom. The standard InChI is InChI=1S/C16H17O4P/c1-2-20-21(18,16-6-4-3-5-7-16)13-19-15-10-8-14(12-17)9-11-15/h3-12H,2,13H2,1H3. The quantitative estimate of drug-likeness (QED) is 0.580. The SMILES string of the molecule is CCOP(=O)(COc1ccc(C=O)cc1)c1ccccc1. The number of rotatable bonds is 7. The van der Waals surface area contributed by atoms with Crippen molar-refractivity contribution in [3.8, 4) is 5.75 Å². The highest BCUT2D eigenvalue weighted by molar-refractivity contribution is 7.66. The number of ether oxygens (including phenoxy) is 1. The van der Waals surface area contributed by atoms with Gasteiger partial charge in [0.2, 0.25) is 0 Å². The van der Waals surface area contributed by atoms with E-state index in [-0.39, 0.29) is 6.35 Å². The summed E-state index contributed by atoms with van der Waals surface area (Å²) in [5.41, 5.74) is 0.568. The minimum absolute atomic E-state index is 0.0364. The highest BCUT2D eigenvalue weighted by Gasteiger charge is 2.26. The number of hydrogen-bond acceptors (Lipinski definition) is 4. The van der Waals surface area contributed by atoms with Crippen molar-refractivity contribution in [1.82, 2.24) is 0 Å². The number of carbonyl (C=O) groups is 1. The predicted molar refractivity (Wildman–Crippen MR) is 82.6 cm³/mol. The third kappa shape index (κ3) is 4.03. The molecule has 0 saturated heterocycles. The maximum atomic E-state index is 12.9. The van der Waals surface area contributed by atoms with Crippen molar-refractivity contribution in [2.45, 2.75) is 6.92 Å². The van der Waals surface area contributed by atoms with Crippen LogP contribution in [0.2, 0.25) is 0 Å². The summed E-state index contributed by atoms with van der Waals surface area (Å²) in [5.74, 6) is 0.552. The minimum atomic E-state index is -3.05. The van der Waals surface area contributed by atoms with Crippen LogP contribution in [0.5, 0.6) is 5.75 Å². The lowest BCUT2D eigenvalue weighted by Gasteiger charge is -2.18. The average molecular weight is 304 g/mol. The second kappa shape index (κ2) is 7.21. The van der Waals surface area contributed by atoms with Crippen LogP contribution in [-0.4, -0.2) is 19.2 Å². The molecule has 2 aromatic carbocycles. The van der Waals surface area contributed by atoms with Gasteiger partial charge >= 0.3 is 0 Å². The van der Waals surface area contributed by atoms with Gasteiger partial charge in [0.15, 0.2) is 6.35 Å². The first-order valence-corrected chi connectivity index (χ1v) is 8.46. The lowest BCUT2D eigenvalue weighted by molar-refractivity contribution is 0.112. The lowest BCUT2D eigenvalue weighted by Crippen LogP contribution is -2.13. The Morgan fingerprint density at radius 2 is 1.71 bits per heavy atom. The highest BCUT2D eigenvalue weighted by atomic mass is 31.2. The van der Waals surface area contributed by atoms with Gasteiger partial charge in [0.05, 0.1) is 6.61 Å². The Morgan fingerprint density at radius 3 is 2.29 bits per heavy atom. The molecule has 0 aliphatic carbocycles. The second-order valence-electron chi connectivity index (χ2n) is 4.39. The van der Waals surface area contributed by atoms with Gasteiger partial charge in [-0.15, -0.1) is 0 Å². The van der Waals surface area contributed by atoms with E-state index in [0.717, 1.165) is 6.29 Å². The molecule has 4 nitrogen and oxygen atoms in total. The van der Waals surface area contributed by atoms with E-state index in [4.69, 9.17) is 9.26 Å². The number of benzene rings is 2. The molecular weight excluding hydrogens is 287 g/mol. The van der Waals surface area contributed by atoms with E-state index in [2.05, 4.69) is 0 Å². The van der Waals surface area contributed by atoms with Crippen LogP contribution in [0.1, 0.15) is 17.3 Å². The van der Waals surface area contributed by atoms with Gasteiger partial charge < -0.3 is 9.26 Å². The van der Waals surface area contributed by atoms with Crippen LogP contribution in [0.25, 0.3) is 0 Å². The minimum Gasteiger partial charge on any atom is -0.483 e.